The van der Waals surface area contributed by atoms with E-state index in [0.717, 1.165) is 17.8 Å². The molecule has 0 aromatic heterocycles. The largest absolute Gasteiger partial charge is 0.346 e. The second kappa shape index (κ2) is 15.9. The highest BCUT2D eigenvalue weighted by Crippen LogP contribution is 2.21. The lowest BCUT2D eigenvalue weighted by atomic mass is 9.86. The number of carbonyl (C=O) groups is 4. The summed E-state index contributed by atoms with van der Waals surface area (Å²) in [6, 6.07) is -0.609. The van der Waals surface area contributed by atoms with Crippen molar-refractivity contribution in [2.24, 2.45) is 23.7 Å². The molecule has 0 fully saturated rings. The lowest BCUT2D eigenvalue weighted by molar-refractivity contribution is -0.133. The van der Waals surface area contributed by atoms with Crippen molar-refractivity contribution >= 4 is 47.3 Å². The number of ketones is 2. The Balaban J connectivity index is 5.29. The number of thioether (sulfide) groups is 2. The van der Waals surface area contributed by atoms with Crippen LogP contribution in [0.3, 0.4) is 0 Å². The van der Waals surface area contributed by atoms with E-state index in [0.29, 0.717) is 19.3 Å². The molecule has 1 amide bonds. The van der Waals surface area contributed by atoms with Crippen molar-refractivity contribution in [3.63, 3.8) is 0 Å². The molecule has 3 atom stereocenters. The highest BCUT2D eigenvalue weighted by molar-refractivity contribution is 7.98. The maximum Gasteiger partial charge on any atom is 0.224 e. The van der Waals surface area contributed by atoms with E-state index >= 15 is 0 Å². The van der Waals surface area contributed by atoms with Crippen molar-refractivity contribution in [3.05, 3.63) is 0 Å². The van der Waals surface area contributed by atoms with E-state index in [1.165, 1.54) is 0 Å². The fraction of sp³-hybridized carbons (Fsp3) is 0.818. The van der Waals surface area contributed by atoms with Crippen molar-refractivity contribution in [1.82, 2.24) is 5.32 Å². The van der Waals surface area contributed by atoms with Crippen LogP contribution in [-0.4, -0.2) is 53.8 Å². The zero-order valence-electron chi connectivity index (χ0n) is 18.9. The number of hydrogen-bond donors (Lipinski definition) is 1. The number of carbonyl (C=O) groups excluding carboxylic acids is 4. The Morgan fingerprint density at radius 2 is 1.48 bits per heavy atom. The van der Waals surface area contributed by atoms with Gasteiger partial charge in [-0.05, 0) is 49.2 Å². The van der Waals surface area contributed by atoms with E-state index in [-0.39, 0.29) is 48.1 Å². The monoisotopic (exact) mass is 445 g/mol. The van der Waals surface area contributed by atoms with Gasteiger partial charge in [0, 0.05) is 30.6 Å². The van der Waals surface area contributed by atoms with E-state index in [2.05, 4.69) is 5.32 Å². The van der Waals surface area contributed by atoms with Crippen molar-refractivity contribution in [2.75, 3.05) is 24.0 Å². The molecular weight excluding hydrogens is 406 g/mol. The fourth-order valence-corrected chi connectivity index (χ4v) is 4.27. The normalized spacial score (nSPS) is 14.5. The third kappa shape index (κ3) is 11.8. The molecule has 0 rings (SSSR count). The van der Waals surface area contributed by atoms with Gasteiger partial charge in [0.2, 0.25) is 5.91 Å². The van der Waals surface area contributed by atoms with E-state index < -0.39 is 12.0 Å². The smallest absolute Gasteiger partial charge is 0.224 e. The summed E-state index contributed by atoms with van der Waals surface area (Å²) >= 11 is 3.29. The first-order chi connectivity index (χ1) is 13.7. The van der Waals surface area contributed by atoms with Crippen LogP contribution in [0, 0.1) is 23.7 Å². The van der Waals surface area contributed by atoms with E-state index in [1.54, 1.807) is 23.5 Å². The topological polar surface area (TPSA) is 80.3 Å². The van der Waals surface area contributed by atoms with Gasteiger partial charge in [-0.15, -0.1) is 0 Å². The first-order valence-electron chi connectivity index (χ1n) is 10.5. The predicted octanol–water partition coefficient (Wildman–Crippen LogP) is 4.03. The van der Waals surface area contributed by atoms with E-state index in [1.807, 2.05) is 40.2 Å². The van der Waals surface area contributed by atoms with E-state index in [4.69, 9.17) is 0 Å². The van der Waals surface area contributed by atoms with Crippen LogP contribution in [-0.2, 0) is 19.2 Å². The molecule has 0 aromatic carbocycles. The van der Waals surface area contributed by atoms with Crippen LogP contribution in [0.25, 0.3) is 0 Å². The number of hydrogen-bond acceptors (Lipinski definition) is 6. The second-order valence-corrected chi connectivity index (χ2v) is 10.2. The minimum Gasteiger partial charge on any atom is -0.346 e. The zero-order valence-corrected chi connectivity index (χ0v) is 20.5. The van der Waals surface area contributed by atoms with Crippen LogP contribution in [0.15, 0.2) is 0 Å². The molecule has 7 heteroatoms. The van der Waals surface area contributed by atoms with Crippen molar-refractivity contribution in [1.29, 1.82) is 0 Å². The number of nitrogens with one attached hydrogen (secondary N) is 1. The summed E-state index contributed by atoms with van der Waals surface area (Å²) in [6.07, 6.45) is 6.86. The third-order valence-electron chi connectivity index (χ3n) is 4.92. The highest BCUT2D eigenvalue weighted by Gasteiger charge is 2.30. The van der Waals surface area contributed by atoms with Crippen LogP contribution < -0.4 is 5.32 Å². The Labute approximate surface area is 185 Å². The Hall–Kier alpha value is -0.820. The summed E-state index contributed by atoms with van der Waals surface area (Å²) in [6.45, 7) is 7.74. The SMILES string of the molecule is CSCCC(CC=O)C(=O)NC(CC(C)C)C(=O)CC(CCSC)C(=O)C(C)C. The Morgan fingerprint density at radius 1 is 0.931 bits per heavy atom. The van der Waals surface area contributed by atoms with Crippen LogP contribution in [0.1, 0.15) is 59.8 Å². The van der Waals surface area contributed by atoms with Crippen LogP contribution in [0.2, 0.25) is 0 Å². The molecule has 0 saturated carbocycles. The summed E-state index contributed by atoms with van der Waals surface area (Å²) in [5, 5.41) is 2.90. The van der Waals surface area contributed by atoms with Gasteiger partial charge in [-0.3, -0.25) is 14.4 Å². The minimum absolute atomic E-state index is 0.0816. The summed E-state index contributed by atoms with van der Waals surface area (Å²) in [5.41, 5.74) is 0. The Morgan fingerprint density at radius 3 is 1.93 bits per heavy atom. The average molecular weight is 446 g/mol. The molecule has 168 valence electrons. The van der Waals surface area contributed by atoms with Gasteiger partial charge in [0.1, 0.15) is 12.1 Å². The van der Waals surface area contributed by atoms with Gasteiger partial charge < -0.3 is 10.1 Å². The molecule has 0 radical (unpaired) electrons. The Kier molecular flexibility index (Phi) is 15.5. The number of rotatable bonds is 17. The van der Waals surface area contributed by atoms with Crippen molar-refractivity contribution in [2.45, 2.75) is 65.8 Å². The maximum absolute atomic E-state index is 13.1. The first kappa shape index (κ1) is 28.2. The highest BCUT2D eigenvalue weighted by atomic mass is 32.2. The van der Waals surface area contributed by atoms with E-state index in [9.17, 15) is 19.2 Å². The van der Waals surface area contributed by atoms with Gasteiger partial charge in [0.25, 0.3) is 0 Å². The van der Waals surface area contributed by atoms with Gasteiger partial charge in [0.15, 0.2) is 5.78 Å². The summed E-state index contributed by atoms with van der Waals surface area (Å²) in [5.74, 6) is 0.809. The molecule has 0 aliphatic heterocycles. The molecule has 1 N–H and O–H groups in total. The molecule has 0 spiro atoms. The number of aldehydes is 1. The summed E-state index contributed by atoms with van der Waals surface area (Å²) in [7, 11) is 0. The van der Waals surface area contributed by atoms with Crippen molar-refractivity contribution in [3.8, 4) is 0 Å². The van der Waals surface area contributed by atoms with Gasteiger partial charge >= 0.3 is 0 Å². The molecule has 3 unspecified atom stereocenters. The van der Waals surface area contributed by atoms with Gasteiger partial charge in [0.05, 0.1) is 6.04 Å². The van der Waals surface area contributed by atoms with Crippen molar-refractivity contribution < 1.29 is 19.2 Å². The minimum atomic E-state index is -0.609. The lowest BCUT2D eigenvalue weighted by Crippen LogP contribution is -2.45. The van der Waals surface area contributed by atoms with Gasteiger partial charge in [-0.25, -0.2) is 0 Å². The molecule has 0 saturated heterocycles. The third-order valence-corrected chi connectivity index (χ3v) is 6.21. The molecule has 0 aromatic rings. The molecule has 0 aliphatic carbocycles. The maximum atomic E-state index is 13.1. The predicted molar refractivity (Wildman–Crippen MR) is 125 cm³/mol. The first-order valence-corrected chi connectivity index (χ1v) is 13.2. The molecule has 0 bridgehead atoms. The molecule has 0 aliphatic rings. The molecular formula is C22H39NO4S2. The molecule has 0 heterocycles. The quantitative estimate of drug-likeness (QED) is 0.341. The number of amides is 1. The summed E-state index contributed by atoms with van der Waals surface area (Å²) < 4.78 is 0. The standard InChI is InChI=1S/C22H39NO4S2/c1-15(2)13-19(23-22(27)17(7-10-24)8-11-28-5)20(25)14-18(9-12-29-6)21(26)16(3)4/h10,15-19H,7-9,11-14H2,1-6H3,(H,23,27). The lowest BCUT2D eigenvalue weighted by Gasteiger charge is -2.25. The number of Topliss-reactive ketones (excluding diaryl/α,β-unsaturated/α-hetero) is 2. The van der Waals surface area contributed by atoms with Crippen LogP contribution >= 0.6 is 23.5 Å². The second-order valence-electron chi connectivity index (χ2n) is 8.28. The molecule has 29 heavy (non-hydrogen) atoms. The average Bonchev–Trinajstić information content (AvgIpc) is 2.66. The van der Waals surface area contributed by atoms with Crippen LogP contribution in [0.5, 0.6) is 0 Å². The fourth-order valence-electron chi connectivity index (χ4n) is 3.23. The van der Waals surface area contributed by atoms with Crippen LogP contribution in [0.4, 0.5) is 0 Å². The van der Waals surface area contributed by atoms with Gasteiger partial charge in [-0.1, -0.05) is 27.7 Å². The molecule has 5 nitrogen and oxygen atoms in total. The van der Waals surface area contributed by atoms with Gasteiger partial charge in [-0.2, -0.15) is 23.5 Å². The Bertz CT molecular complexity index is 523. The summed E-state index contributed by atoms with van der Waals surface area (Å²) in [4.78, 5) is 49.3. The zero-order chi connectivity index (χ0) is 22.4.